The van der Waals surface area contributed by atoms with Crippen LogP contribution in [0.4, 0.5) is 5.69 Å². The molecule has 1 aliphatic heterocycles. The van der Waals surface area contributed by atoms with E-state index in [4.69, 9.17) is 11.6 Å². The van der Waals surface area contributed by atoms with Gasteiger partial charge in [-0.1, -0.05) is 11.6 Å². The van der Waals surface area contributed by atoms with E-state index in [0.29, 0.717) is 43.2 Å². The van der Waals surface area contributed by atoms with Crippen LogP contribution in [0.3, 0.4) is 0 Å². The zero-order valence-electron chi connectivity index (χ0n) is 17.7. The molecule has 4 rings (SSSR count). The number of carbonyl (C=O) groups excluding carboxylic acids is 1. The highest BCUT2D eigenvalue weighted by Gasteiger charge is 2.32. The predicted octanol–water partition coefficient (Wildman–Crippen LogP) is 2.84. The van der Waals surface area contributed by atoms with Crippen LogP contribution in [0.15, 0.2) is 53.9 Å². The molecule has 32 heavy (non-hydrogen) atoms. The van der Waals surface area contributed by atoms with Crippen molar-refractivity contribution in [2.45, 2.75) is 37.8 Å². The summed E-state index contributed by atoms with van der Waals surface area (Å²) in [5, 5.41) is 11.9. The molecule has 1 saturated heterocycles. The Kier molecular flexibility index (Phi) is 6.63. The van der Waals surface area contributed by atoms with Gasteiger partial charge in [0.25, 0.3) is 0 Å². The SMILES string of the molecule is CCn1cc(Cn2cc(NC(=O)C3CCN(S(=O)(=O)c4ccc(Cl)cc4)CC3)cn2)cn1. The van der Waals surface area contributed by atoms with E-state index in [0.717, 1.165) is 12.1 Å². The van der Waals surface area contributed by atoms with Crippen LogP contribution in [-0.4, -0.2) is 51.3 Å². The quantitative estimate of drug-likeness (QED) is 0.565. The third kappa shape index (κ3) is 5.03. The van der Waals surface area contributed by atoms with Crippen LogP contribution in [0, 0.1) is 5.92 Å². The number of amides is 1. The number of rotatable bonds is 7. The van der Waals surface area contributed by atoms with Crippen molar-refractivity contribution in [3.63, 3.8) is 0 Å². The first-order valence-corrected chi connectivity index (χ1v) is 12.3. The molecule has 9 nitrogen and oxygen atoms in total. The van der Waals surface area contributed by atoms with Gasteiger partial charge in [-0.15, -0.1) is 0 Å². The van der Waals surface area contributed by atoms with E-state index in [1.54, 1.807) is 35.4 Å². The molecule has 0 aliphatic carbocycles. The number of aromatic nitrogens is 4. The number of halogens is 1. The molecule has 170 valence electrons. The van der Waals surface area contributed by atoms with Gasteiger partial charge in [0.1, 0.15) is 0 Å². The monoisotopic (exact) mass is 476 g/mol. The van der Waals surface area contributed by atoms with Gasteiger partial charge in [-0.3, -0.25) is 14.2 Å². The molecule has 3 heterocycles. The highest BCUT2D eigenvalue weighted by atomic mass is 35.5. The van der Waals surface area contributed by atoms with Gasteiger partial charge in [-0.05, 0) is 44.0 Å². The Labute approximate surface area is 192 Å². The summed E-state index contributed by atoms with van der Waals surface area (Å²) in [5.74, 6) is -0.371. The van der Waals surface area contributed by atoms with E-state index in [9.17, 15) is 13.2 Å². The lowest BCUT2D eigenvalue weighted by Gasteiger charge is -2.30. The molecule has 0 radical (unpaired) electrons. The first-order chi connectivity index (χ1) is 15.3. The van der Waals surface area contributed by atoms with Crippen molar-refractivity contribution in [1.82, 2.24) is 23.9 Å². The summed E-state index contributed by atoms with van der Waals surface area (Å²) in [6.45, 7) is 3.99. The van der Waals surface area contributed by atoms with E-state index in [-0.39, 0.29) is 16.7 Å². The number of piperidine rings is 1. The van der Waals surface area contributed by atoms with E-state index < -0.39 is 10.0 Å². The molecule has 0 saturated carbocycles. The van der Waals surface area contributed by atoms with Gasteiger partial charge in [-0.2, -0.15) is 14.5 Å². The van der Waals surface area contributed by atoms with E-state index >= 15 is 0 Å². The van der Waals surface area contributed by atoms with Gasteiger partial charge in [0, 0.05) is 48.5 Å². The second kappa shape index (κ2) is 9.43. The smallest absolute Gasteiger partial charge is 0.243 e. The zero-order valence-corrected chi connectivity index (χ0v) is 19.3. The second-order valence-corrected chi connectivity index (χ2v) is 10.1. The number of nitrogens with one attached hydrogen (secondary N) is 1. The number of carbonyl (C=O) groups is 1. The van der Waals surface area contributed by atoms with Crippen molar-refractivity contribution in [3.8, 4) is 0 Å². The third-order valence-electron chi connectivity index (χ3n) is 5.53. The summed E-state index contributed by atoms with van der Waals surface area (Å²) in [6, 6.07) is 6.12. The average molecular weight is 477 g/mol. The molecule has 1 amide bonds. The Hall–Kier alpha value is -2.69. The molecular formula is C21H25ClN6O3S. The normalized spacial score (nSPS) is 15.7. The van der Waals surface area contributed by atoms with Crippen LogP contribution in [-0.2, 0) is 27.9 Å². The number of sulfonamides is 1. The Bertz CT molecular complexity index is 1180. The fourth-order valence-electron chi connectivity index (χ4n) is 3.72. The van der Waals surface area contributed by atoms with Crippen molar-refractivity contribution in [1.29, 1.82) is 0 Å². The topological polar surface area (TPSA) is 102 Å². The maximum Gasteiger partial charge on any atom is 0.243 e. The Morgan fingerprint density at radius 3 is 2.44 bits per heavy atom. The second-order valence-electron chi connectivity index (χ2n) is 7.75. The summed E-state index contributed by atoms with van der Waals surface area (Å²) < 4.78 is 30.6. The standard InChI is InChI=1S/C21H25ClN6O3S/c1-2-26-13-16(11-23-26)14-27-15-19(12-24-27)25-21(29)17-7-9-28(10-8-17)32(30,31)20-5-3-18(22)4-6-20/h3-6,11-13,15,17H,2,7-10,14H2,1H3,(H,25,29). The highest BCUT2D eigenvalue weighted by molar-refractivity contribution is 7.89. The molecule has 0 bridgehead atoms. The fraction of sp³-hybridized carbons (Fsp3) is 0.381. The average Bonchev–Trinajstić information content (AvgIpc) is 3.43. The summed E-state index contributed by atoms with van der Waals surface area (Å²) in [6.07, 6.45) is 8.08. The van der Waals surface area contributed by atoms with Crippen molar-refractivity contribution in [3.05, 3.63) is 59.6 Å². The lowest BCUT2D eigenvalue weighted by molar-refractivity contribution is -0.120. The van der Waals surface area contributed by atoms with Gasteiger partial charge < -0.3 is 5.32 Å². The first kappa shape index (κ1) is 22.5. The molecule has 2 aromatic heterocycles. The summed E-state index contributed by atoms with van der Waals surface area (Å²) in [5.41, 5.74) is 1.65. The van der Waals surface area contributed by atoms with Crippen LogP contribution >= 0.6 is 11.6 Å². The van der Waals surface area contributed by atoms with Gasteiger partial charge in [-0.25, -0.2) is 8.42 Å². The zero-order chi connectivity index (χ0) is 22.7. The maximum atomic E-state index is 12.8. The predicted molar refractivity (Wildman–Crippen MR) is 121 cm³/mol. The van der Waals surface area contributed by atoms with Gasteiger partial charge in [0.05, 0.1) is 29.5 Å². The number of hydrogen-bond acceptors (Lipinski definition) is 5. The van der Waals surface area contributed by atoms with Gasteiger partial charge in [0.2, 0.25) is 15.9 Å². The third-order valence-corrected chi connectivity index (χ3v) is 7.70. The first-order valence-electron chi connectivity index (χ1n) is 10.5. The van der Waals surface area contributed by atoms with Crippen molar-refractivity contribution in [2.24, 2.45) is 5.92 Å². The number of aryl methyl sites for hydroxylation is 1. The number of nitrogens with zero attached hydrogens (tertiary/aromatic N) is 5. The highest BCUT2D eigenvalue weighted by Crippen LogP contribution is 2.25. The lowest BCUT2D eigenvalue weighted by atomic mass is 9.97. The molecule has 0 atom stereocenters. The summed E-state index contributed by atoms with van der Waals surface area (Å²) in [4.78, 5) is 12.9. The lowest BCUT2D eigenvalue weighted by Crippen LogP contribution is -2.41. The maximum absolute atomic E-state index is 12.8. The minimum absolute atomic E-state index is 0.119. The molecule has 3 aromatic rings. The van der Waals surface area contributed by atoms with Crippen LogP contribution in [0.5, 0.6) is 0 Å². The Balaban J connectivity index is 1.31. The van der Waals surface area contributed by atoms with Crippen LogP contribution in [0.25, 0.3) is 0 Å². The minimum atomic E-state index is -3.59. The summed E-state index contributed by atoms with van der Waals surface area (Å²) in [7, 11) is -3.59. The Morgan fingerprint density at radius 1 is 1.09 bits per heavy atom. The van der Waals surface area contributed by atoms with Crippen LogP contribution in [0.1, 0.15) is 25.3 Å². The Morgan fingerprint density at radius 2 is 1.78 bits per heavy atom. The largest absolute Gasteiger partial charge is 0.323 e. The fourth-order valence-corrected chi connectivity index (χ4v) is 5.32. The molecular weight excluding hydrogens is 452 g/mol. The summed E-state index contributed by atoms with van der Waals surface area (Å²) >= 11 is 5.85. The minimum Gasteiger partial charge on any atom is -0.323 e. The van der Waals surface area contributed by atoms with E-state index in [1.807, 2.05) is 17.8 Å². The molecule has 1 fully saturated rings. The van der Waals surface area contributed by atoms with E-state index in [2.05, 4.69) is 15.5 Å². The molecule has 0 unspecified atom stereocenters. The van der Waals surface area contributed by atoms with Gasteiger partial charge in [0.15, 0.2) is 0 Å². The number of hydrogen-bond donors (Lipinski definition) is 1. The van der Waals surface area contributed by atoms with Crippen LogP contribution < -0.4 is 5.32 Å². The molecule has 1 aliphatic rings. The van der Waals surface area contributed by atoms with Crippen molar-refractivity contribution in [2.75, 3.05) is 18.4 Å². The number of anilines is 1. The molecule has 1 N–H and O–H groups in total. The van der Waals surface area contributed by atoms with Crippen molar-refractivity contribution >= 4 is 33.2 Å². The van der Waals surface area contributed by atoms with E-state index in [1.165, 1.54) is 16.4 Å². The van der Waals surface area contributed by atoms with Crippen LogP contribution in [0.2, 0.25) is 5.02 Å². The number of benzene rings is 1. The van der Waals surface area contributed by atoms with Crippen molar-refractivity contribution < 1.29 is 13.2 Å². The molecule has 1 aromatic carbocycles. The molecule has 11 heteroatoms. The van der Waals surface area contributed by atoms with Gasteiger partial charge >= 0.3 is 0 Å². The molecule has 0 spiro atoms.